The molecule has 1 atom stereocenters. The molecule has 0 amide bonds. The average Bonchev–Trinajstić information content (AvgIpc) is 3.20. The molecule has 6 nitrogen and oxygen atoms in total. The molecule has 0 N–H and O–H groups in total. The molecule has 0 saturated carbocycles. The second-order valence-electron chi connectivity index (χ2n) is 7.41. The van der Waals surface area contributed by atoms with Crippen LogP contribution in [-0.4, -0.2) is 36.0 Å². The summed E-state index contributed by atoms with van der Waals surface area (Å²) < 4.78 is 31.2. The zero-order valence-corrected chi connectivity index (χ0v) is 18.4. The predicted octanol–water partition coefficient (Wildman–Crippen LogP) is 3.55. The molecular formula is C22H22N2O4S2. The van der Waals surface area contributed by atoms with Gasteiger partial charge in [-0.15, -0.1) is 11.3 Å². The summed E-state index contributed by atoms with van der Waals surface area (Å²) in [6.45, 7) is 2.21. The van der Waals surface area contributed by atoms with Crippen molar-refractivity contribution in [3.63, 3.8) is 0 Å². The number of thiazole rings is 1. The Morgan fingerprint density at radius 1 is 1.17 bits per heavy atom. The largest absolute Gasteiger partial charge is 0.458 e. The van der Waals surface area contributed by atoms with E-state index in [-0.39, 0.29) is 13.2 Å². The van der Waals surface area contributed by atoms with Gasteiger partial charge in [-0.1, -0.05) is 54.1 Å². The summed E-state index contributed by atoms with van der Waals surface area (Å²) in [5, 5.41) is 2.71. The number of aromatic nitrogens is 1. The number of sulfonamides is 1. The summed E-state index contributed by atoms with van der Waals surface area (Å²) in [6.07, 6.45) is 1.42. The Bertz CT molecular complexity index is 1170. The van der Waals surface area contributed by atoms with Crippen molar-refractivity contribution in [2.45, 2.75) is 32.5 Å². The highest BCUT2D eigenvalue weighted by atomic mass is 32.2. The van der Waals surface area contributed by atoms with E-state index in [4.69, 9.17) is 4.74 Å². The van der Waals surface area contributed by atoms with E-state index in [9.17, 15) is 13.2 Å². The minimum atomic E-state index is -3.56. The van der Waals surface area contributed by atoms with Crippen molar-refractivity contribution in [1.29, 1.82) is 0 Å². The Morgan fingerprint density at radius 3 is 2.57 bits per heavy atom. The highest BCUT2D eigenvalue weighted by molar-refractivity contribution is 7.88. The third kappa shape index (κ3) is 4.45. The van der Waals surface area contributed by atoms with Crippen molar-refractivity contribution in [2.24, 2.45) is 0 Å². The third-order valence-electron chi connectivity index (χ3n) is 5.12. The van der Waals surface area contributed by atoms with Crippen molar-refractivity contribution in [2.75, 3.05) is 6.26 Å². The summed E-state index contributed by atoms with van der Waals surface area (Å²) in [7, 11) is -3.56. The molecule has 30 heavy (non-hydrogen) atoms. The van der Waals surface area contributed by atoms with E-state index in [2.05, 4.69) is 4.98 Å². The number of carbonyl (C=O) groups excluding carboxylic acids is 1. The lowest BCUT2D eigenvalue weighted by Crippen LogP contribution is -2.48. The summed E-state index contributed by atoms with van der Waals surface area (Å²) >= 11 is 1.48. The van der Waals surface area contributed by atoms with E-state index in [1.54, 1.807) is 0 Å². The van der Waals surface area contributed by atoms with Crippen LogP contribution in [0.2, 0.25) is 0 Å². The number of hydrogen-bond donors (Lipinski definition) is 0. The van der Waals surface area contributed by atoms with Crippen LogP contribution in [0.4, 0.5) is 0 Å². The Balaban J connectivity index is 1.47. The lowest BCUT2D eigenvalue weighted by Gasteiger charge is -2.33. The van der Waals surface area contributed by atoms with Crippen molar-refractivity contribution in [3.8, 4) is 10.6 Å². The molecule has 0 radical (unpaired) electrons. The van der Waals surface area contributed by atoms with E-state index in [0.29, 0.717) is 12.1 Å². The van der Waals surface area contributed by atoms with E-state index >= 15 is 0 Å². The van der Waals surface area contributed by atoms with Crippen LogP contribution in [0.5, 0.6) is 0 Å². The van der Waals surface area contributed by atoms with Gasteiger partial charge in [0, 0.05) is 23.9 Å². The maximum atomic E-state index is 12.8. The van der Waals surface area contributed by atoms with Gasteiger partial charge < -0.3 is 4.74 Å². The fraction of sp³-hybridized carbons (Fsp3) is 0.273. The standard InChI is InChI=1S/C22H22N2O4S2/c1-15-7-9-16(10-8-15)21-23-19(14-29-21)13-28-22(25)20-11-17-5-3-4-6-18(17)12-24(20)30(2,26)27/h3-10,14,20H,11-13H2,1-2H3/t20-/m1/s1. The quantitative estimate of drug-likeness (QED) is 0.565. The molecule has 1 aromatic heterocycles. The second kappa shape index (κ2) is 8.29. The molecule has 0 saturated heterocycles. The highest BCUT2D eigenvalue weighted by Crippen LogP contribution is 2.27. The molecule has 8 heteroatoms. The second-order valence-corrected chi connectivity index (χ2v) is 10.2. The molecular weight excluding hydrogens is 420 g/mol. The Hall–Kier alpha value is -2.55. The maximum absolute atomic E-state index is 12.8. The van der Waals surface area contributed by atoms with Gasteiger partial charge in [0.1, 0.15) is 17.7 Å². The van der Waals surface area contributed by atoms with E-state index in [1.807, 2.05) is 60.8 Å². The number of benzene rings is 2. The predicted molar refractivity (Wildman–Crippen MR) is 116 cm³/mol. The fourth-order valence-corrected chi connectivity index (χ4v) is 5.30. The number of esters is 1. The minimum absolute atomic E-state index is 0.0109. The third-order valence-corrected chi connectivity index (χ3v) is 7.29. The van der Waals surface area contributed by atoms with Crippen LogP contribution in [0, 0.1) is 6.92 Å². The monoisotopic (exact) mass is 442 g/mol. The van der Waals surface area contributed by atoms with Gasteiger partial charge in [0.15, 0.2) is 0 Å². The Morgan fingerprint density at radius 2 is 1.87 bits per heavy atom. The molecule has 2 heterocycles. The molecule has 0 unspecified atom stereocenters. The summed E-state index contributed by atoms with van der Waals surface area (Å²) in [6, 6.07) is 14.8. The van der Waals surface area contributed by atoms with Gasteiger partial charge in [-0.3, -0.25) is 4.79 Å². The van der Waals surface area contributed by atoms with Crippen LogP contribution >= 0.6 is 11.3 Å². The SMILES string of the molecule is Cc1ccc(-c2nc(COC(=O)[C@H]3Cc4ccccc4CN3S(C)(=O)=O)cs2)cc1. The molecule has 0 bridgehead atoms. The lowest BCUT2D eigenvalue weighted by atomic mass is 9.96. The van der Waals surface area contributed by atoms with Crippen LogP contribution in [0.1, 0.15) is 22.4 Å². The van der Waals surface area contributed by atoms with Crippen molar-refractivity contribution < 1.29 is 17.9 Å². The van der Waals surface area contributed by atoms with Crippen LogP contribution in [0.15, 0.2) is 53.9 Å². The lowest BCUT2D eigenvalue weighted by molar-refractivity contribution is -0.150. The molecule has 0 spiro atoms. The first-order valence-corrected chi connectivity index (χ1v) is 12.3. The average molecular weight is 443 g/mol. The molecule has 0 fully saturated rings. The molecule has 1 aliphatic rings. The fourth-order valence-electron chi connectivity index (χ4n) is 3.49. The number of carbonyl (C=O) groups is 1. The van der Waals surface area contributed by atoms with Crippen molar-refractivity contribution in [1.82, 2.24) is 9.29 Å². The number of aryl methyl sites for hydroxylation is 1. The van der Waals surface area contributed by atoms with Gasteiger partial charge in [0.25, 0.3) is 0 Å². The van der Waals surface area contributed by atoms with Crippen molar-refractivity contribution in [3.05, 3.63) is 76.3 Å². The highest BCUT2D eigenvalue weighted by Gasteiger charge is 2.37. The summed E-state index contributed by atoms with van der Waals surface area (Å²) in [5.41, 5.74) is 4.71. The molecule has 2 aromatic carbocycles. The summed E-state index contributed by atoms with van der Waals surface area (Å²) in [4.78, 5) is 17.3. The maximum Gasteiger partial charge on any atom is 0.325 e. The Kier molecular flexibility index (Phi) is 5.73. The summed E-state index contributed by atoms with van der Waals surface area (Å²) in [5.74, 6) is -0.556. The molecule has 0 aliphatic carbocycles. The zero-order valence-electron chi connectivity index (χ0n) is 16.7. The van der Waals surface area contributed by atoms with E-state index in [1.165, 1.54) is 21.2 Å². The first-order valence-electron chi connectivity index (χ1n) is 9.53. The first kappa shape index (κ1) is 20.7. The van der Waals surface area contributed by atoms with Crippen LogP contribution in [0.3, 0.4) is 0 Å². The van der Waals surface area contributed by atoms with Crippen LogP contribution in [0.25, 0.3) is 10.6 Å². The minimum Gasteiger partial charge on any atom is -0.458 e. The first-order chi connectivity index (χ1) is 14.3. The Labute approximate surface area is 180 Å². The topological polar surface area (TPSA) is 76.6 Å². The van der Waals surface area contributed by atoms with Gasteiger partial charge in [-0.25, -0.2) is 13.4 Å². The van der Waals surface area contributed by atoms with E-state index < -0.39 is 22.0 Å². The normalized spacial score (nSPS) is 16.8. The van der Waals surface area contributed by atoms with E-state index in [0.717, 1.165) is 28.0 Å². The van der Waals surface area contributed by atoms with Gasteiger partial charge >= 0.3 is 5.97 Å². The number of rotatable bonds is 5. The molecule has 3 aromatic rings. The number of nitrogens with zero attached hydrogens (tertiary/aromatic N) is 2. The molecule has 4 rings (SSSR count). The molecule has 1 aliphatic heterocycles. The van der Waals surface area contributed by atoms with Crippen molar-refractivity contribution >= 4 is 27.3 Å². The van der Waals surface area contributed by atoms with Gasteiger partial charge in [0.05, 0.1) is 11.9 Å². The van der Waals surface area contributed by atoms with Gasteiger partial charge in [-0.2, -0.15) is 4.31 Å². The number of fused-ring (bicyclic) bond motifs is 1. The zero-order chi connectivity index (χ0) is 21.3. The number of ether oxygens (including phenoxy) is 1. The van der Waals surface area contributed by atoms with Gasteiger partial charge in [-0.05, 0) is 18.1 Å². The smallest absolute Gasteiger partial charge is 0.325 e. The number of hydrogen-bond acceptors (Lipinski definition) is 6. The van der Waals surface area contributed by atoms with Gasteiger partial charge in [0.2, 0.25) is 10.0 Å². The van der Waals surface area contributed by atoms with Crippen LogP contribution < -0.4 is 0 Å². The van der Waals surface area contributed by atoms with Crippen LogP contribution in [-0.2, 0) is 39.1 Å². The molecule has 156 valence electrons.